The van der Waals surface area contributed by atoms with E-state index in [0.29, 0.717) is 12.5 Å². The Hall–Kier alpha value is -2.62. The number of amides is 2. The number of anilines is 2. The molecule has 1 aliphatic rings. The predicted octanol–water partition coefficient (Wildman–Crippen LogP) is 4.81. The first-order chi connectivity index (χ1) is 12.9. The highest BCUT2D eigenvalue weighted by atomic mass is 16.2. The summed E-state index contributed by atoms with van der Waals surface area (Å²) in [6.45, 7) is 8.72. The molecule has 2 aromatic carbocycles. The van der Waals surface area contributed by atoms with Crippen LogP contribution in [0.5, 0.6) is 0 Å². The van der Waals surface area contributed by atoms with E-state index in [4.69, 9.17) is 0 Å². The fraction of sp³-hybridized carbons (Fsp3) is 0.391. The van der Waals surface area contributed by atoms with Gasteiger partial charge in [0.15, 0.2) is 0 Å². The number of nitrogens with zero attached hydrogens (tertiary/aromatic N) is 1. The summed E-state index contributed by atoms with van der Waals surface area (Å²) in [6.07, 6.45) is 1.27. The first kappa shape index (κ1) is 19.2. The Bertz CT molecular complexity index is 839. The number of para-hydroxylation sites is 2. The monoisotopic (exact) mass is 364 g/mol. The van der Waals surface area contributed by atoms with Crippen molar-refractivity contribution in [1.29, 1.82) is 0 Å². The Kier molecular flexibility index (Phi) is 5.64. The van der Waals surface area contributed by atoms with Gasteiger partial charge in [-0.1, -0.05) is 50.2 Å². The second-order valence-electron chi connectivity index (χ2n) is 7.53. The molecule has 1 saturated heterocycles. The normalized spacial score (nSPS) is 17.9. The van der Waals surface area contributed by atoms with E-state index >= 15 is 0 Å². The van der Waals surface area contributed by atoms with E-state index in [1.165, 1.54) is 5.56 Å². The summed E-state index contributed by atoms with van der Waals surface area (Å²) in [6, 6.07) is 14.0. The maximum Gasteiger partial charge on any atom is 0.229 e. The van der Waals surface area contributed by atoms with Crippen molar-refractivity contribution >= 4 is 23.2 Å². The van der Waals surface area contributed by atoms with Gasteiger partial charge in [-0.2, -0.15) is 0 Å². The van der Waals surface area contributed by atoms with Crippen molar-refractivity contribution in [1.82, 2.24) is 0 Å². The van der Waals surface area contributed by atoms with E-state index in [9.17, 15) is 9.59 Å². The summed E-state index contributed by atoms with van der Waals surface area (Å²) in [7, 11) is 0. The minimum Gasteiger partial charge on any atom is -0.325 e. The van der Waals surface area contributed by atoms with Crippen molar-refractivity contribution in [2.45, 2.75) is 46.5 Å². The molecule has 4 heteroatoms. The summed E-state index contributed by atoms with van der Waals surface area (Å²) in [5.74, 6) is -0.0188. The van der Waals surface area contributed by atoms with Gasteiger partial charge in [0, 0.05) is 24.3 Å². The van der Waals surface area contributed by atoms with E-state index in [-0.39, 0.29) is 24.2 Å². The SMILES string of the molecule is CC[C@@H](C)c1ccccc1N1C[C@@H](C(=O)Nc2c(C)cccc2C)CC1=O. The van der Waals surface area contributed by atoms with Crippen LogP contribution in [0.2, 0.25) is 0 Å². The van der Waals surface area contributed by atoms with Gasteiger partial charge in [0.1, 0.15) is 0 Å². The summed E-state index contributed by atoms with van der Waals surface area (Å²) < 4.78 is 0. The van der Waals surface area contributed by atoms with Crippen LogP contribution < -0.4 is 10.2 Å². The molecule has 4 nitrogen and oxygen atoms in total. The van der Waals surface area contributed by atoms with E-state index in [1.807, 2.05) is 50.2 Å². The quantitative estimate of drug-likeness (QED) is 0.828. The van der Waals surface area contributed by atoms with E-state index in [0.717, 1.165) is 28.9 Å². The minimum atomic E-state index is -0.332. The van der Waals surface area contributed by atoms with Crippen molar-refractivity contribution in [3.8, 4) is 0 Å². The summed E-state index contributed by atoms with van der Waals surface area (Å²) >= 11 is 0. The lowest BCUT2D eigenvalue weighted by atomic mass is 9.96. The maximum atomic E-state index is 12.8. The Balaban J connectivity index is 1.79. The highest BCUT2D eigenvalue weighted by Crippen LogP contribution is 2.34. The van der Waals surface area contributed by atoms with Crippen molar-refractivity contribution in [2.75, 3.05) is 16.8 Å². The van der Waals surface area contributed by atoms with Gasteiger partial charge >= 0.3 is 0 Å². The van der Waals surface area contributed by atoms with Gasteiger partial charge in [-0.3, -0.25) is 9.59 Å². The molecule has 2 aromatic rings. The van der Waals surface area contributed by atoms with Crippen molar-refractivity contribution in [3.05, 3.63) is 59.2 Å². The van der Waals surface area contributed by atoms with Gasteiger partial charge in [0.25, 0.3) is 0 Å². The molecule has 0 spiro atoms. The zero-order chi connectivity index (χ0) is 19.6. The van der Waals surface area contributed by atoms with Crippen molar-refractivity contribution in [3.63, 3.8) is 0 Å². The lowest BCUT2D eigenvalue weighted by Gasteiger charge is -2.23. The first-order valence-electron chi connectivity index (χ1n) is 9.68. The Labute approximate surface area is 161 Å². The number of rotatable bonds is 5. The Morgan fingerprint density at radius 2 is 1.81 bits per heavy atom. The van der Waals surface area contributed by atoms with Crippen LogP contribution in [0.1, 0.15) is 49.3 Å². The number of hydrogen-bond acceptors (Lipinski definition) is 2. The predicted molar refractivity (Wildman–Crippen MR) is 110 cm³/mol. The lowest BCUT2D eigenvalue weighted by Crippen LogP contribution is -2.29. The highest BCUT2D eigenvalue weighted by molar-refractivity contribution is 6.04. The maximum absolute atomic E-state index is 12.8. The van der Waals surface area contributed by atoms with Crippen LogP contribution in [0.15, 0.2) is 42.5 Å². The second-order valence-corrected chi connectivity index (χ2v) is 7.53. The Morgan fingerprint density at radius 1 is 1.15 bits per heavy atom. The van der Waals surface area contributed by atoms with Gasteiger partial charge in [-0.25, -0.2) is 0 Å². The van der Waals surface area contributed by atoms with Crippen molar-refractivity contribution < 1.29 is 9.59 Å². The molecule has 1 fully saturated rings. The number of carbonyl (C=O) groups excluding carboxylic acids is 2. The summed E-state index contributed by atoms with van der Waals surface area (Å²) in [4.78, 5) is 27.3. The molecule has 2 amide bonds. The molecule has 0 aromatic heterocycles. The fourth-order valence-electron chi connectivity index (χ4n) is 3.72. The molecule has 0 aliphatic carbocycles. The molecule has 142 valence electrons. The first-order valence-corrected chi connectivity index (χ1v) is 9.68. The lowest BCUT2D eigenvalue weighted by molar-refractivity contribution is -0.122. The minimum absolute atomic E-state index is 0.0207. The van der Waals surface area contributed by atoms with Gasteiger partial charge in [0.2, 0.25) is 11.8 Å². The average molecular weight is 364 g/mol. The van der Waals surface area contributed by atoms with E-state index in [2.05, 4.69) is 25.2 Å². The van der Waals surface area contributed by atoms with E-state index < -0.39 is 0 Å². The molecule has 0 bridgehead atoms. The van der Waals surface area contributed by atoms with Gasteiger partial charge < -0.3 is 10.2 Å². The zero-order valence-corrected chi connectivity index (χ0v) is 16.6. The van der Waals surface area contributed by atoms with Crippen LogP contribution in [-0.2, 0) is 9.59 Å². The average Bonchev–Trinajstić information content (AvgIpc) is 3.05. The van der Waals surface area contributed by atoms with Crippen LogP contribution in [0.4, 0.5) is 11.4 Å². The van der Waals surface area contributed by atoms with Crippen molar-refractivity contribution in [2.24, 2.45) is 5.92 Å². The standard InChI is InChI=1S/C23H28N2O2/c1-5-15(2)19-11-6-7-12-20(19)25-14-18(13-21(25)26)23(27)24-22-16(3)9-8-10-17(22)4/h6-12,15,18H,5,13-14H2,1-4H3,(H,24,27)/t15-,18+/m1/s1. The smallest absolute Gasteiger partial charge is 0.229 e. The number of aryl methyl sites for hydroxylation is 2. The zero-order valence-electron chi connectivity index (χ0n) is 16.6. The van der Waals surface area contributed by atoms with Crippen LogP contribution in [0, 0.1) is 19.8 Å². The number of hydrogen-bond donors (Lipinski definition) is 1. The van der Waals surface area contributed by atoms with Gasteiger partial charge in [0.05, 0.1) is 5.92 Å². The fourth-order valence-corrected chi connectivity index (χ4v) is 3.72. The molecule has 1 heterocycles. The molecular formula is C23H28N2O2. The molecule has 0 unspecified atom stereocenters. The molecule has 27 heavy (non-hydrogen) atoms. The molecule has 3 rings (SSSR count). The number of nitrogens with one attached hydrogen (secondary N) is 1. The summed E-state index contributed by atoms with van der Waals surface area (Å²) in [5.41, 5.74) is 5.04. The molecule has 2 atom stereocenters. The van der Waals surface area contributed by atoms with E-state index in [1.54, 1.807) is 4.90 Å². The molecule has 0 radical (unpaired) electrons. The molecule has 1 aliphatic heterocycles. The number of benzene rings is 2. The highest BCUT2D eigenvalue weighted by Gasteiger charge is 2.36. The van der Waals surface area contributed by atoms with Crippen LogP contribution >= 0.6 is 0 Å². The van der Waals surface area contributed by atoms with Crippen LogP contribution in [0.3, 0.4) is 0 Å². The van der Waals surface area contributed by atoms with Gasteiger partial charge in [-0.15, -0.1) is 0 Å². The largest absolute Gasteiger partial charge is 0.325 e. The van der Waals surface area contributed by atoms with Gasteiger partial charge in [-0.05, 0) is 48.9 Å². The third-order valence-corrected chi connectivity index (χ3v) is 5.60. The molecule has 0 saturated carbocycles. The Morgan fingerprint density at radius 3 is 2.48 bits per heavy atom. The summed E-state index contributed by atoms with van der Waals surface area (Å²) in [5, 5.41) is 3.04. The third kappa shape index (κ3) is 3.90. The second kappa shape index (κ2) is 7.95. The molecular weight excluding hydrogens is 336 g/mol. The topological polar surface area (TPSA) is 49.4 Å². The van der Waals surface area contributed by atoms with Crippen LogP contribution in [0.25, 0.3) is 0 Å². The third-order valence-electron chi connectivity index (χ3n) is 5.60. The van der Waals surface area contributed by atoms with Crippen LogP contribution in [-0.4, -0.2) is 18.4 Å². The molecule has 1 N–H and O–H groups in total. The number of carbonyl (C=O) groups is 2.